The first kappa shape index (κ1) is 11.1. The zero-order valence-corrected chi connectivity index (χ0v) is 10.2. The van der Waals surface area contributed by atoms with Crippen molar-refractivity contribution in [2.45, 2.75) is 6.10 Å². The topological polar surface area (TPSA) is 63.6 Å². The van der Waals surface area contributed by atoms with E-state index in [9.17, 15) is 9.59 Å². The van der Waals surface area contributed by atoms with Gasteiger partial charge in [0.2, 0.25) is 0 Å². The van der Waals surface area contributed by atoms with Crippen molar-refractivity contribution in [2.75, 3.05) is 0 Å². The third kappa shape index (κ3) is 1.95. The first-order valence-electron chi connectivity index (χ1n) is 4.50. The molecule has 1 atom stereocenters. The second-order valence-electron chi connectivity index (χ2n) is 3.23. The highest BCUT2D eigenvalue weighted by Gasteiger charge is 2.23. The zero-order valence-electron chi connectivity index (χ0n) is 8.01. The summed E-state index contributed by atoms with van der Waals surface area (Å²) in [5, 5.41) is 8.95. The second-order valence-corrected chi connectivity index (χ2v) is 4.31. The number of carbonyl (C=O) groups is 2. The van der Waals surface area contributed by atoms with Gasteiger partial charge in [0.05, 0.1) is 5.56 Å². The molecule has 1 aromatic carbocycles. The number of carboxylic acid groups (broad SMARTS) is 1. The fraction of sp³-hybridized carbons (Fsp3) is 0.0909. The third-order valence-electron chi connectivity index (χ3n) is 2.22. The largest absolute Gasteiger partial charge is 0.478 e. The molecule has 0 spiro atoms. The number of carboxylic acids is 1. The molecule has 0 saturated carbocycles. The molecule has 1 N–H and O–H groups in total. The van der Waals surface area contributed by atoms with Crippen molar-refractivity contribution in [3.8, 4) is 0 Å². The number of halogens is 1. The molecule has 1 aliphatic rings. The molecule has 2 rings (SSSR count). The Morgan fingerprint density at radius 3 is 2.75 bits per heavy atom. The smallest absolute Gasteiger partial charge is 0.336 e. The van der Waals surface area contributed by atoms with E-state index in [-0.39, 0.29) is 5.56 Å². The number of hydrogen-bond donors (Lipinski definition) is 1. The lowest BCUT2D eigenvalue weighted by molar-refractivity contribution is -0.138. The SMILES string of the molecule is O=C1C=CC(c2cccc(C(=O)O)c2I)O1. The van der Waals surface area contributed by atoms with Crippen LogP contribution in [0.5, 0.6) is 0 Å². The van der Waals surface area contributed by atoms with Crippen molar-refractivity contribution in [1.82, 2.24) is 0 Å². The number of esters is 1. The Morgan fingerprint density at radius 1 is 1.44 bits per heavy atom. The van der Waals surface area contributed by atoms with Crippen molar-refractivity contribution in [2.24, 2.45) is 0 Å². The van der Waals surface area contributed by atoms with Crippen molar-refractivity contribution in [3.63, 3.8) is 0 Å². The Kier molecular flexibility index (Phi) is 2.95. The summed E-state index contributed by atoms with van der Waals surface area (Å²) in [6.45, 7) is 0. The average Bonchev–Trinajstić information content (AvgIpc) is 2.64. The Balaban J connectivity index is 2.42. The lowest BCUT2D eigenvalue weighted by Gasteiger charge is -2.12. The fourth-order valence-corrected chi connectivity index (χ4v) is 2.37. The number of aromatic carboxylic acids is 1. The van der Waals surface area contributed by atoms with Crippen LogP contribution < -0.4 is 0 Å². The van der Waals surface area contributed by atoms with Crippen LogP contribution in [0.15, 0.2) is 30.4 Å². The van der Waals surface area contributed by atoms with Crippen molar-refractivity contribution in [1.29, 1.82) is 0 Å². The number of ether oxygens (including phenoxy) is 1. The van der Waals surface area contributed by atoms with Crippen LogP contribution in [0.25, 0.3) is 0 Å². The molecule has 0 bridgehead atoms. The van der Waals surface area contributed by atoms with Crippen LogP contribution in [-0.4, -0.2) is 17.0 Å². The van der Waals surface area contributed by atoms with Crippen LogP contribution >= 0.6 is 22.6 Å². The minimum Gasteiger partial charge on any atom is -0.478 e. The predicted molar refractivity (Wildman–Crippen MR) is 64.1 cm³/mol. The van der Waals surface area contributed by atoms with Gasteiger partial charge in [-0.2, -0.15) is 0 Å². The summed E-state index contributed by atoms with van der Waals surface area (Å²) in [5.74, 6) is -1.39. The van der Waals surface area contributed by atoms with Gasteiger partial charge in [-0.05, 0) is 34.7 Å². The Bertz CT molecular complexity index is 493. The first-order valence-corrected chi connectivity index (χ1v) is 5.58. The molecule has 1 unspecified atom stereocenters. The monoisotopic (exact) mass is 330 g/mol. The molecule has 0 aromatic heterocycles. The lowest BCUT2D eigenvalue weighted by Crippen LogP contribution is -2.07. The van der Waals surface area contributed by atoms with E-state index in [2.05, 4.69) is 0 Å². The van der Waals surface area contributed by atoms with E-state index in [0.717, 1.165) is 0 Å². The van der Waals surface area contributed by atoms with Gasteiger partial charge in [-0.25, -0.2) is 9.59 Å². The number of rotatable bonds is 2. The summed E-state index contributed by atoms with van der Waals surface area (Å²) in [4.78, 5) is 21.9. The quantitative estimate of drug-likeness (QED) is 0.667. The van der Waals surface area contributed by atoms with E-state index < -0.39 is 18.0 Å². The third-order valence-corrected chi connectivity index (χ3v) is 3.42. The molecule has 0 amide bonds. The number of hydrogen-bond acceptors (Lipinski definition) is 3. The van der Waals surface area contributed by atoms with Crippen molar-refractivity contribution >= 4 is 34.5 Å². The number of carbonyl (C=O) groups excluding carboxylic acids is 1. The summed E-state index contributed by atoms with van der Waals surface area (Å²) in [6, 6.07) is 4.91. The molecule has 0 saturated heterocycles. The molecule has 0 aliphatic carbocycles. The number of cyclic esters (lactones) is 1. The molecular weight excluding hydrogens is 323 g/mol. The van der Waals surface area contributed by atoms with Crippen LogP contribution in [0.4, 0.5) is 0 Å². The highest BCUT2D eigenvalue weighted by molar-refractivity contribution is 14.1. The second kappa shape index (κ2) is 4.25. The minimum absolute atomic E-state index is 0.217. The summed E-state index contributed by atoms with van der Waals surface area (Å²) in [5.41, 5.74) is 0.914. The van der Waals surface area contributed by atoms with E-state index >= 15 is 0 Å². The fourth-order valence-electron chi connectivity index (χ4n) is 1.47. The van der Waals surface area contributed by atoms with Crippen molar-refractivity contribution in [3.05, 3.63) is 45.0 Å². The van der Waals surface area contributed by atoms with Crippen LogP contribution in [0, 0.1) is 3.57 Å². The molecule has 16 heavy (non-hydrogen) atoms. The van der Waals surface area contributed by atoms with Crippen LogP contribution in [-0.2, 0) is 9.53 Å². The molecule has 4 nitrogen and oxygen atoms in total. The van der Waals surface area contributed by atoms with Crippen molar-refractivity contribution < 1.29 is 19.4 Å². The van der Waals surface area contributed by atoms with E-state index in [1.54, 1.807) is 18.2 Å². The van der Waals surface area contributed by atoms with Crippen LogP contribution in [0.1, 0.15) is 22.0 Å². The molecule has 0 fully saturated rings. The average molecular weight is 330 g/mol. The first-order chi connectivity index (χ1) is 7.59. The lowest BCUT2D eigenvalue weighted by atomic mass is 10.1. The van der Waals surface area contributed by atoms with Gasteiger partial charge in [-0.3, -0.25) is 0 Å². The van der Waals surface area contributed by atoms with E-state index in [1.165, 1.54) is 12.1 Å². The summed E-state index contributed by atoms with van der Waals surface area (Å²) in [7, 11) is 0. The Labute approximate surface area is 105 Å². The van der Waals surface area contributed by atoms with Gasteiger partial charge in [-0.15, -0.1) is 0 Å². The molecule has 0 radical (unpaired) electrons. The predicted octanol–water partition coefficient (Wildman–Crippen LogP) is 2.14. The molecule has 1 heterocycles. The van der Waals surface area contributed by atoms with E-state index in [0.29, 0.717) is 9.13 Å². The van der Waals surface area contributed by atoms with Gasteiger partial charge < -0.3 is 9.84 Å². The molecule has 1 aliphatic heterocycles. The van der Waals surface area contributed by atoms with Crippen LogP contribution in [0.2, 0.25) is 0 Å². The Morgan fingerprint density at radius 2 is 2.19 bits per heavy atom. The Hall–Kier alpha value is -1.37. The molecular formula is C11H7IO4. The zero-order chi connectivity index (χ0) is 11.7. The van der Waals surface area contributed by atoms with Gasteiger partial charge >= 0.3 is 11.9 Å². The standard InChI is InChI=1S/C11H7IO4/c12-10-6(8-4-5-9(13)16-8)2-1-3-7(10)11(14)15/h1-5,8H,(H,14,15). The highest BCUT2D eigenvalue weighted by Crippen LogP contribution is 2.29. The normalized spacial score (nSPS) is 18.6. The van der Waals surface area contributed by atoms with Gasteiger partial charge in [0, 0.05) is 15.2 Å². The summed E-state index contributed by atoms with van der Waals surface area (Å²) >= 11 is 1.95. The van der Waals surface area contributed by atoms with Gasteiger partial charge in [0.15, 0.2) is 0 Å². The van der Waals surface area contributed by atoms with Gasteiger partial charge in [0.1, 0.15) is 6.10 Å². The highest BCUT2D eigenvalue weighted by atomic mass is 127. The molecule has 5 heteroatoms. The van der Waals surface area contributed by atoms with E-state index in [1.807, 2.05) is 22.6 Å². The van der Waals surface area contributed by atoms with Crippen LogP contribution in [0.3, 0.4) is 0 Å². The molecule has 82 valence electrons. The maximum atomic E-state index is 10.9. The van der Waals surface area contributed by atoms with E-state index in [4.69, 9.17) is 9.84 Å². The van der Waals surface area contributed by atoms with Gasteiger partial charge in [-0.1, -0.05) is 12.1 Å². The minimum atomic E-state index is -0.987. The number of benzene rings is 1. The maximum absolute atomic E-state index is 10.9. The molecule has 1 aromatic rings. The maximum Gasteiger partial charge on any atom is 0.336 e. The summed E-state index contributed by atoms with van der Waals surface area (Å²) in [6.07, 6.45) is 2.48. The summed E-state index contributed by atoms with van der Waals surface area (Å²) < 4.78 is 5.61. The van der Waals surface area contributed by atoms with Gasteiger partial charge in [0.25, 0.3) is 0 Å².